The fraction of sp³-hybridized carbons (Fsp3) is 0.480. The summed E-state index contributed by atoms with van der Waals surface area (Å²) in [6, 6.07) is 25.4. The summed E-state index contributed by atoms with van der Waals surface area (Å²) in [5, 5.41) is 165. The van der Waals surface area contributed by atoms with Crippen LogP contribution in [0.2, 0.25) is 0 Å². The molecule has 404 valence electrons. The lowest BCUT2D eigenvalue weighted by molar-refractivity contribution is -0.277. The molecule has 24 nitrogen and oxygen atoms in total. The zero-order valence-corrected chi connectivity index (χ0v) is 39.0. The second-order valence-corrected chi connectivity index (χ2v) is 18.1. The first kappa shape index (κ1) is 55.3. The van der Waals surface area contributed by atoms with Gasteiger partial charge in [0.25, 0.3) is 0 Å². The maximum Gasteiger partial charge on any atom is 0.229 e. The molecule has 0 radical (unpaired) electrons. The average Bonchev–Trinajstić information content (AvgIpc) is 3.42. The third kappa shape index (κ3) is 11.6. The van der Waals surface area contributed by atoms with Gasteiger partial charge in [0, 0.05) is 0 Å². The molecule has 0 aliphatic carbocycles. The summed E-state index contributed by atoms with van der Waals surface area (Å²) in [6.45, 7) is -2.74. The van der Waals surface area contributed by atoms with Gasteiger partial charge in [-0.05, 0) is 81.9 Å². The van der Waals surface area contributed by atoms with Crippen molar-refractivity contribution < 1.29 is 120 Å². The van der Waals surface area contributed by atoms with Crippen LogP contribution in [0.5, 0.6) is 23.0 Å². The molecular weight excluding hydrogens is 985 g/mol. The van der Waals surface area contributed by atoms with Crippen molar-refractivity contribution in [2.45, 2.75) is 123 Å². The number of rotatable bonds is 16. The van der Waals surface area contributed by atoms with Crippen molar-refractivity contribution in [1.29, 1.82) is 0 Å². The Bertz CT molecular complexity index is 2100. The van der Waals surface area contributed by atoms with Gasteiger partial charge in [0.1, 0.15) is 121 Å². The molecule has 0 spiro atoms. The lowest BCUT2D eigenvalue weighted by atomic mass is 9.85. The van der Waals surface area contributed by atoms with Crippen LogP contribution < -0.4 is 18.9 Å². The minimum atomic E-state index is -1.71. The molecule has 4 aliphatic rings. The van der Waals surface area contributed by atoms with E-state index in [9.17, 15) is 81.7 Å². The summed E-state index contributed by atoms with van der Waals surface area (Å²) in [7, 11) is 0. The Morgan fingerprint density at radius 3 is 0.608 bits per heavy atom. The first-order chi connectivity index (χ1) is 35.5. The van der Waals surface area contributed by atoms with Crippen molar-refractivity contribution >= 4 is 11.1 Å². The fourth-order valence-corrected chi connectivity index (χ4v) is 8.91. The van der Waals surface area contributed by atoms with Crippen molar-refractivity contribution in [3.63, 3.8) is 0 Å². The Labute approximate surface area is 421 Å². The Balaban J connectivity index is 1.21. The number of aliphatic hydroxyl groups is 16. The van der Waals surface area contributed by atoms with Gasteiger partial charge in [0.05, 0.1) is 26.4 Å². The summed E-state index contributed by atoms with van der Waals surface area (Å²) in [5.74, 6) is 0.525. The molecule has 4 fully saturated rings. The second kappa shape index (κ2) is 23.9. The number of aliphatic hydroxyl groups excluding tert-OH is 16. The average molecular weight is 1050 g/mol. The molecule has 4 unspecified atom stereocenters. The van der Waals surface area contributed by atoms with E-state index in [0.717, 1.165) is 0 Å². The molecule has 4 aromatic rings. The van der Waals surface area contributed by atoms with E-state index < -0.39 is 149 Å². The Morgan fingerprint density at radius 2 is 0.446 bits per heavy atom. The third-order valence-electron chi connectivity index (χ3n) is 13.2. The highest BCUT2D eigenvalue weighted by Gasteiger charge is 2.48. The zero-order chi connectivity index (χ0) is 53.1. The highest BCUT2D eigenvalue weighted by Crippen LogP contribution is 2.40. The standard InChI is InChI=1S/C50H60O24/c51-17-29-35(55)39(59)43(63)47(71-29)67-25-9-1-21(2-10-25)33(22-3-11-26(12-4-22)68-48-44(64)40(60)36(56)30(18-52)72-48)34(23-5-13-27(14-6-23)69-49-45(65)41(61)37(57)31(19-53)73-49)24-7-15-28(16-8-24)70-50-46(66)42(62)38(58)32(20-54)74-50/h1-16,29-32,35-66H,17-20H2/t29-,30-,31-,32-,35-,36-,37-,38-,39+,40+,41+,42+,43+,44+,45+,46+,47?,48?,49?,50?/m1/s1. The molecule has 16 N–H and O–H groups in total. The van der Waals surface area contributed by atoms with Crippen molar-refractivity contribution in [3.05, 3.63) is 119 Å². The first-order valence-electron chi connectivity index (χ1n) is 23.5. The maximum absolute atomic E-state index is 10.7. The normalized spacial score (nSPS) is 36.4. The van der Waals surface area contributed by atoms with Crippen molar-refractivity contribution in [2.75, 3.05) is 26.4 Å². The van der Waals surface area contributed by atoms with Crippen molar-refractivity contribution in [2.24, 2.45) is 0 Å². The quantitative estimate of drug-likeness (QED) is 0.0470. The van der Waals surface area contributed by atoms with Crippen LogP contribution in [0.3, 0.4) is 0 Å². The monoisotopic (exact) mass is 1040 g/mol. The van der Waals surface area contributed by atoms with E-state index in [1.54, 1.807) is 48.5 Å². The Kier molecular flexibility index (Phi) is 17.9. The topological polar surface area (TPSA) is 398 Å². The molecule has 4 saturated heterocycles. The summed E-state index contributed by atoms with van der Waals surface area (Å²) >= 11 is 0. The summed E-state index contributed by atoms with van der Waals surface area (Å²) in [4.78, 5) is 0. The number of hydrogen-bond donors (Lipinski definition) is 16. The number of ether oxygens (including phenoxy) is 8. The van der Waals surface area contributed by atoms with Crippen LogP contribution in [0, 0.1) is 0 Å². The van der Waals surface area contributed by atoms with E-state index in [0.29, 0.717) is 33.4 Å². The van der Waals surface area contributed by atoms with E-state index in [4.69, 9.17) is 37.9 Å². The van der Waals surface area contributed by atoms with Gasteiger partial charge < -0.3 is 120 Å². The van der Waals surface area contributed by atoms with E-state index in [1.165, 1.54) is 48.5 Å². The van der Waals surface area contributed by atoms with E-state index >= 15 is 0 Å². The molecule has 8 rings (SSSR count). The molecule has 20 atom stereocenters. The molecular formula is C50H60O24. The number of benzene rings is 4. The summed E-state index contributed by atoms with van der Waals surface area (Å²) in [5.41, 5.74) is 3.01. The molecule has 4 aromatic carbocycles. The van der Waals surface area contributed by atoms with Crippen LogP contribution in [-0.2, 0) is 18.9 Å². The second-order valence-electron chi connectivity index (χ2n) is 18.1. The summed E-state index contributed by atoms with van der Waals surface area (Å²) < 4.78 is 45.8. The van der Waals surface area contributed by atoms with Crippen LogP contribution in [0.15, 0.2) is 97.1 Å². The van der Waals surface area contributed by atoms with Gasteiger partial charge in [-0.1, -0.05) is 48.5 Å². The molecule has 4 aliphatic heterocycles. The highest BCUT2D eigenvalue weighted by atomic mass is 16.7. The van der Waals surface area contributed by atoms with Gasteiger partial charge in [-0.25, -0.2) is 0 Å². The summed E-state index contributed by atoms with van der Waals surface area (Å²) in [6.07, 6.45) is -31.2. The smallest absolute Gasteiger partial charge is 0.229 e. The highest BCUT2D eigenvalue weighted by molar-refractivity contribution is 6.04. The first-order valence-corrected chi connectivity index (χ1v) is 23.5. The van der Waals surface area contributed by atoms with Crippen LogP contribution >= 0.6 is 0 Å². The fourth-order valence-electron chi connectivity index (χ4n) is 8.91. The third-order valence-corrected chi connectivity index (χ3v) is 13.2. The predicted molar refractivity (Wildman–Crippen MR) is 248 cm³/mol. The maximum atomic E-state index is 10.7. The molecule has 0 bridgehead atoms. The van der Waals surface area contributed by atoms with E-state index in [-0.39, 0.29) is 23.0 Å². The number of hydrogen-bond acceptors (Lipinski definition) is 24. The van der Waals surface area contributed by atoms with Crippen LogP contribution in [0.4, 0.5) is 0 Å². The lowest BCUT2D eigenvalue weighted by Gasteiger charge is -2.39. The van der Waals surface area contributed by atoms with Gasteiger partial charge >= 0.3 is 0 Å². The Morgan fingerprint density at radius 1 is 0.270 bits per heavy atom. The largest absolute Gasteiger partial charge is 0.462 e. The molecule has 0 saturated carbocycles. The lowest BCUT2D eigenvalue weighted by Crippen LogP contribution is -2.60. The molecule has 74 heavy (non-hydrogen) atoms. The van der Waals surface area contributed by atoms with Crippen molar-refractivity contribution in [1.82, 2.24) is 0 Å². The predicted octanol–water partition coefficient (Wildman–Crippen LogP) is -4.59. The van der Waals surface area contributed by atoms with Gasteiger partial charge in [0.15, 0.2) is 0 Å². The molecule has 0 amide bonds. The SMILES string of the molecule is OC[C@H]1OC(Oc2ccc(C(=C(c3ccc(OC4O[C@H](CO)[C@@H](O)[C@H](O)[C@@H]4O)cc3)c3ccc(OC4O[C@H](CO)[C@@H](O)[C@H](O)[C@@H]4O)cc3)c3ccc(OC4O[C@H](CO)[C@@H](O)[C@H](O)[C@@H]4O)cc3)cc2)[C@@H](O)[C@@H](O)[C@@H]1O. The van der Waals surface area contributed by atoms with Crippen LogP contribution in [-0.4, -0.2) is 231 Å². The minimum Gasteiger partial charge on any atom is -0.462 e. The van der Waals surface area contributed by atoms with Gasteiger partial charge in [-0.3, -0.25) is 0 Å². The molecule has 4 heterocycles. The molecule has 24 heteroatoms. The molecule has 0 aromatic heterocycles. The van der Waals surface area contributed by atoms with E-state index in [1.807, 2.05) is 0 Å². The zero-order valence-electron chi connectivity index (χ0n) is 39.0. The minimum absolute atomic E-state index is 0.131. The van der Waals surface area contributed by atoms with E-state index in [2.05, 4.69) is 0 Å². The van der Waals surface area contributed by atoms with Crippen LogP contribution in [0.25, 0.3) is 11.1 Å². The van der Waals surface area contributed by atoms with Crippen LogP contribution in [0.1, 0.15) is 22.3 Å². The van der Waals surface area contributed by atoms with Gasteiger partial charge in [-0.15, -0.1) is 0 Å². The Hall–Kier alpha value is -4.98. The van der Waals surface area contributed by atoms with Gasteiger partial charge in [0.2, 0.25) is 25.2 Å². The van der Waals surface area contributed by atoms with Gasteiger partial charge in [-0.2, -0.15) is 0 Å². The van der Waals surface area contributed by atoms with Crippen molar-refractivity contribution in [3.8, 4) is 23.0 Å².